The Hall–Kier alpha value is -0.900. The van der Waals surface area contributed by atoms with Crippen LogP contribution < -0.4 is 0 Å². The van der Waals surface area contributed by atoms with Gasteiger partial charge in [0.05, 0.1) is 18.8 Å². The van der Waals surface area contributed by atoms with Crippen molar-refractivity contribution in [3.63, 3.8) is 0 Å². The fourth-order valence-corrected chi connectivity index (χ4v) is 3.73. The Morgan fingerprint density at radius 3 is 2.67 bits per heavy atom. The number of aliphatic hydroxyl groups is 1. The Kier molecular flexibility index (Phi) is 5.28. The van der Waals surface area contributed by atoms with Crippen LogP contribution in [0.2, 0.25) is 0 Å². The first-order valence-electron chi connectivity index (χ1n) is 8.40. The van der Waals surface area contributed by atoms with E-state index >= 15 is 0 Å². The second-order valence-corrected chi connectivity index (χ2v) is 6.43. The lowest BCUT2D eigenvalue weighted by atomic mass is 9.91. The van der Waals surface area contributed by atoms with Gasteiger partial charge in [0.2, 0.25) is 0 Å². The van der Waals surface area contributed by atoms with Crippen LogP contribution in [0.3, 0.4) is 0 Å². The van der Waals surface area contributed by atoms with Crippen LogP contribution in [0, 0.1) is 0 Å². The molecule has 3 rings (SSSR count). The van der Waals surface area contributed by atoms with Crippen LogP contribution in [-0.2, 0) is 11.2 Å². The minimum atomic E-state index is -0.128. The molecule has 2 aliphatic rings. The van der Waals surface area contributed by atoms with E-state index in [1.54, 1.807) is 0 Å². The largest absolute Gasteiger partial charge is 0.392 e. The lowest BCUT2D eigenvalue weighted by Gasteiger charge is -2.37. The normalized spacial score (nSPS) is 30.6. The summed E-state index contributed by atoms with van der Waals surface area (Å²) in [7, 11) is 0. The monoisotopic (exact) mass is 289 g/mol. The highest BCUT2D eigenvalue weighted by molar-refractivity contribution is 5.14. The zero-order valence-electron chi connectivity index (χ0n) is 12.8. The molecule has 3 atom stereocenters. The summed E-state index contributed by atoms with van der Waals surface area (Å²) in [6.45, 7) is 2.68. The van der Waals surface area contributed by atoms with E-state index in [1.807, 2.05) is 0 Å². The van der Waals surface area contributed by atoms with Gasteiger partial charge in [-0.05, 0) is 31.2 Å². The third kappa shape index (κ3) is 4.06. The van der Waals surface area contributed by atoms with Crippen LogP contribution in [-0.4, -0.2) is 48.0 Å². The van der Waals surface area contributed by atoms with E-state index in [0.717, 1.165) is 32.5 Å². The van der Waals surface area contributed by atoms with Gasteiger partial charge in [-0.25, -0.2) is 0 Å². The van der Waals surface area contributed by atoms with Crippen molar-refractivity contribution in [3.05, 3.63) is 35.9 Å². The highest BCUT2D eigenvalue weighted by Crippen LogP contribution is 2.28. The average Bonchev–Trinajstić information content (AvgIpc) is 2.95. The highest BCUT2D eigenvalue weighted by Gasteiger charge is 2.34. The van der Waals surface area contributed by atoms with Gasteiger partial charge in [-0.1, -0.05) is 43.2 Å². The summed E-state index contributed by atoms with van der Waals surface area (Å²) in [5, 5.41) is 9.76. The van der Waals surface area contributed by atoms with E-state index in [4.69, 9.17) is 4.74 Å². The van der Waals surface area contributed by atoms with Crippen LogP contribution in [0.5, 0.6) is 0 Å². The standard InChI is InChI=1S/C18H27NO2/c20-16-10-12-19(14-16)17-8-4-5-9-18(17)21-13-11-15-6-2-1-3-7-15/h1-3,6-7,16-18,20H,4-5,8-14H2/t16?,17?,18-/m0/s1. The first-order valence-corrected chi connectivity index (χ1v) is 8.40. The highest BCUT2D eigenvalue weighted by atomic mass is 16.5. The van der Waals surface area contributed by atoms with Gasteiger partial charge in [0.25, 0.3) is 0 Å². The van der Waals surface area contributed by atoms with E-state index in [-0.39, 0.29) is 6.10 Å². The van der Waals surface area contributed by atoms with E-state index in [2.05, 4.69) is 35.2 Å². The number of benzene rings is 1. The summed E-state index contributed by atoms with van der Waals surface area (Å²) in [6, 6.07) is 11.1. The Balaban J connectivity index is 1.50. The number of likely N-dealkylation sites (tertiary alicyclic amines) is 1. The van der Waals surface area contributed by atoms with Crippen LogP contribution in [0.4, 0.5) is 0 Å². The van der Waals surface area contributed by atoms with Crippen molar-refractivity contribution in [1.82, 2.24) is 4.90 Å². The zero-order chi connectivity index (χ0) is 14.5. The molecule has 0 amide bonds. The predicted octanol–water partition coefficient (Wildman–Crippen LogP) is 2.62. The number of β-amino-alcohol motifs (C(OH)–C–C–N with tert-alkyl or cyclic N) is 1. The molecule has 3 nitrogen and oxygen atoms in total. The van der Waals surface area contributed by atoms with E-state index in [0.29, 0.717) is 12.1 Å². The summed E-state index contributed by atoms with van der Waals surface area (Å²) in [4.78, 5) is 2.46. The molecule has 2 fully saturated rings. The third-order valence-electron chi connectivity index (χ3n) is 4.90. The molecule has 1 aliphatic carbocycles. The quantitative estimate of drug-likeness (QED) is 0.904. The summed E-state index contributed by atoms with van der Waals surface area (Å²) in [6.07, 6.45) is 7.12. The van der Waals surface area contributed by atoms with Gasteiger partial charge >= 0.3 is 0 Å². The SMILES string of the molecule is OC1CCN(C2CCCC[C@@H]2OCCc2ccccc2)C1. The molecule has 1 saturated heterocycles. The number of nitrogens with zero attached hydrogens (tertiary/aromatic N) is 1. The summed E-state index contributed by atoms with van der Waals surface area (Å²) in [5.74, 6) is 0. The zero-order valence-corrected chi connectivity index (χ0v) is 12.8. The smallest absolute Gasteiger partial charge is 0.0730 e. The van der Waals surface area contributed by atoms with E-state index in [9.17, 15) is 5.11 Å². The van der Waals surface area contributed by atoms with E-state index in [1.165, 1.54) is 31.2 Å². The molecule has 1 aromatic rings. The molecule has 1 saturated carbocycles. The van der Waals surface area contributed by atoms with Gasteiger partial charge in [-0.2, -0.15) is 0 Å². The van der Waals surface area contributed by atoms with E-state index < -0.39 is 0 Å². The Morgan fingerprint density at radius 2 is 1.90 bits per heavy atom. The fraction of sp³-hybridized carbons (Fsp3) is 0.667. The number of hydrogen-bond donors (Lipinski definition) is 1. The van der Waals surface area contributed by atoms with Gasteiger partial charge in [0, 0.05) is 19.1 Å². The molecule has 1 aromatic carbocycles. The molecule has 0 radical (unpaired) electrons. The van der Waals surface area contributed by atoms with Crippen molar-refractivity contribution in [2.24, 2.45) is 0 Å². The molecule has 0 bridgehead atoms. The molecule has 0 aromatic heterocycles. The molecule has 21 heavy (non-hydrogen) atoms. The minimum absolute atomic E-state index is 0.128. The van der Waals surface area contributed by atoms with Crippen molar-refractivity contribution in [3.8, 4) is 0 Å². The van der Waals surface area contributed by atoms with Gasteiger partial charge in [0.1, 0.15) is 0 Å². The topological polar surface area (TPSA) is 32.7 Å². The van der Waals surface area contributed by atoms with Gasteiger partial charge < -0.3 is 9.84 Å². The maximum Gasteiger partial charge on any atom is 0.0730 e. The van der Waals surface area contributed by atoms with Crippen LogP contribution in [0.15, 0.2) is 30.3 Å². The second kappa shape index (κ2) is 7.39. The summed E-state index contributed by atoms with van der Waals surface area (Å²) >= 11 is 0. The minimum Gasteiger partial charge on any atom is -0.392 e. The van der Waals surface area contributed by atoms with Gasteiger partial charge in [0.15, 0.2) is 0 Å². The van der Waals surface area contributed by atoms with Gasteiger partial charge in [-0.3, -0.25) is 4.90 Å². The molecule has 116 valence electrons. The van der Waals surface area contributed by atoms with Crippen molar-refractivity contribution in [2.45, 2.75) is 56.8 Å². The number of aliphatic hydroxyl groups excluding tert-OH is 1. The first-order chi connectivity index (χ1) is 10.3. The molecule has 0 spiro atoms. The first kappa shape index (κ1) is 15.0. The maximum atomic E-state index is 9.76. The van der Waals surface area contributed by atoms with Crippen molar-refractivity contribution < 1.29 is 9.84 Å². The maximum absolute atomic E-state index is 9.76. The number of rotatable bonds is 5. The lowest BCUT2D eigenvalue weighted by molar-refractivity contribution is -0.0316. The Bertz CT molecular complexity index is 422. The fourth-order valence-electron chi connectivity index (χ4n) is 3.73. The third-order valence-corrected chi connectivity index (χ3v) is 4.90. The Labute approximate surface area is 127 Å². The summed E-state index contributed by atoms with van der Waals surface area (Å²) < 4.78 is 6.22. The Morgan fingerprint density at radius 1 is 1.10 bits per heavy atom. The number of hydrogen-bond acceptors (Lipinski definition) is 3. The van der Waals surface area contributed by atoms with Crippen LogP contribution in [0.1, 0.15) is 37.7 Å². The number of ether oxygens (including phenoxy) is 1. The van der Waals surface area contributed by atoms with Crippen molar-refractivity contribution >= 4 is 0 Å². The molecule has 1 N–H and O–H groups in total. The van der Waals surface area contributed by atoms with Crippen molar-refractivity contribution in [1.29, 1.82) is 0 Å². The molecule has 1 aliphatic heterocycles. The molecule has 3 heteroatoms. The van der Waals surface area contributed by atoms with Gasteiger partial charge in [-0.15, -0.1) is 0 Å². The molecular formula is C18H27NO2. The lowest BCUT2D eigenvalue weighted by Crippen LogP contribution is -2.46. The predicted molar refractivity (Wildman–Crippen MR) is 84.3 cm³/mol. The summed E-state index contributed by atoms with van der Waals surface area (Å²) in [5.41, 5.74) is 1.35. The molecule has 1 heterocycles. The second-order valence-electron chi connectivity index (χ2n) is 6.43. The van der Waals surface area contributed by atoms with Crippen molar-refractivity contribution in [2.75, 3.05) is 19.7 Å². The van der Waals surface area contributed by atoms with Crippen LogP contribution >= 0.6 is 0 Å². The van der Waals surface area contributed by atoms with Crippen LogP contribution in [0.25, 0.3) is 0 Å². The average molecular weight is 289 g/mol. The molecule has 2 unspecified atom stereocenters. The molecular weight excluding hydrogens is 262 g/mol.